The molecule has 0 atom stereocenters. The van der Waals surface area contributed by atoms with Gasteiger partial charge in [-0.05, 0) is 113 Å². The lowest BCUT2D eigenvalue weighted by Crippen LogP contribution is -2.06. The van der Waals surface area contributed by atoms with Crippen molar-refractivity contribution >= 4 is 56.9 Å². The van der Waals surface area contributed by atoms with Crippen LogP contribution in [0.5, 0.6) is 0 Å². The smallest absolute Gasteiger partial charge is 0.338 e. The van der Waals surface area contributed by atoms with Gasteiger partial charge in [-0.1, -0.05) is 60.8 Å². The molecule has 236 valence electrons. The lowest BCUT2D eigenvalue weighted by Gasteiger charge is -2.10. The number of unbranched alkanes of at least 4 members (excludes halogenated alkanes) is 1. The number of nitrogens with zero attached hydrogens (tertiary/aromatic N) is 1. The molecule has 6 aromatic rings. The molecule has 0 unspecified atom stereocenters. The zero-order chi connectivity index (χ0) is 32.6. The van der Waals surface area contributed by atoms with E-state index in [2.05, 4.69) is 59.1 Å². The van der Waals surface area contributed by atoms with Gasteiger partial charge < -0.3 is 19.0 Å². The van der Waals surface area contributed by atoms with Gasteiger partial charge in [-0.15, -0.1) is 0 Å². The van der Waals surface area contributed by atoms with E-state index in [-0.39, 0.29) is 11.9 Å². The van der Waals surface area contributed by atoms with Gasteiger partial charge in [0.05, 0.1) is 25.3 Å². The normalized spacial score (nSPS) is 10.9. The molecule has 4 aromatic carbocycles. The van der Waals surface area contributed by atoms with Gasteiger partial charge in [0, 0.05) is 40.0 Å². The Morgan fingerprint density at radius 2 is 1.30 bits per heavy atom. The van der Waals surface area contributed by atoms with E-state index in [1.165, 1.54) is 38.0 Å². The molecule has 0 amide bonds. The van der Waals surface area contributed by atoms with Crippen LogP contribution in [-0.2, 0) is 28.9 Å². The quantitative estimate of drug-likeness (QED) is 0.158. The van der Waals surface area contributed by atoms with E-state index >= 15 is 0 Å². The highest BCUT2D eigenvalue weighted by molar-refractivity contribution is 6.31. The van der Waals surface area contributed by atoms with E-state index in [1.54, 1.807) is 18.2 Å². The van der Waals surface area contributed by atoms with Gasteiger partial charge >= 0.3 is 11.9 Å². The van der Waals surface area contributed by atoms with Crippen LogP contribution in [0.25, 0.3) is 21.8 Å². The van der Waals surface area contributed by atoms with Crippen LogP contribution in [0.4, 0.5) is 0 Å². The molecule has 6 nitrogen and oxygen atoms in total. The van der Waals surface area contributed by atoms with Gasteiger partial charge in [-0.25, -0.2) is 9.59 Å². The summed E-state index contributed by atoms with van der Waals surface area (Å²) in [6.07, 6.45) is 7.74. The summed E-state index contributed by atoms with van der Waals surface area (Å²) in [4.78, 5) is 27.0. The number of methoxy groups -OCH3 is 2. The zero-order valence-electron chi connectivity index (χ0n) is 26.1. The summed E-state index contributed by atoms with van der Waals surface area (Å²) in [6.45, 7) is 3.25. The minimum atomic E-state index is -0.366. The first-order valence-electron chi connectivity index (χ1n) is 15.2. The topological polar surface area (TPSA) is 73.3 Å². The Labute approximate surface area is 278 Å². The van der Waals surface area contributed by atoms with E-state index in [1.807, 2.05) is 36.5 Å². The van der Waals surface area contributed by atoms with Gasteiger partial charge in [-0.3, -0.25) is 0 Å². The second-order valence-corrected chi connectivity index (χ2v) is 12.0. The Kier molecular flexibility index (Phi) is 10.8. The Balaban J connectivity index is 0.000000184. The molecule has 0 fully saturated rings. The van der Waals surface area contributed by atoms with Crippen molar-refractivity contribution in [2.45, 2.75) is 39.2 Å². The van der Waals surface area contributed by atoms with E-state index in [0.717, 1.165) is 39.7 Å². The number of H-pyrrole nitrogens is 1. The molecule has 1 N–H and O–H groups in total. The maximum Gasteiger partial charge on any atom is 0.338 e. The highest BCUT2D eigenvalue weighted by Crippen LogP contribution is 2.25. The lowest BCUT2D eigenvalue weighted by molar-refractivity contribution is 0.0590. The van der Waals surface area contributed by atoms with Crippen molar-refractivity contribution < 1.29 is 19.1 Å². The summed E-state index contributed by atoms with van der Waals surface area (Å²) in [5.74, 6) is -0.723. The molecule has 0 bridgehead atoms. The van der Waals surface area contributed by atoms with Crippen molar-refractivity contribution in [3.63, 3.8) is 0 Å². The molecule has 0 radical (unpaired) electrons. The van der Waals surface area contributed by atoms with Crippen LogP contribution in [0.1, 0.15) is 62.7 Å². The van der Waals surface area contributed by atoms with Gasteiger partial charge in [0.15, 0.2) is 0 Å². The Morgan fingerprint density at radius 1 is 0.717 bits per heavy atom. The molecule has 0 aliphatic carbocycles. The number of halogens is 2. The predicted octanol–water partition coefficient (Wildman–Crippen LogP) is 9.67. The molecule has 0 aliphatic rings. The van der Waals surface area contributed by atoms with E-state index in [0.29, 0.717) is 34.0 Å². The van der Waals surface area contributed by atoms with Crippen LogP contribution in [0.2, 0.25) is 10.0 Å². The Hall–Kier alpha value is -4.52. The molecule has 2 heterocycles. The number of carbonyl (C=O) groups excluding carboxylic acids is 2. The number of carbonyl (C=O) groups is 2. The van der Waals surface area contributed by atoms with Gasteiger partial charge in [0.1, 0.15) is 0 Å². The Morgan fingerprint density at radius 3 is 1.89 bits per heavy atom. The second-order valence-electron chi connectivity index (χ2n) is 11.1. The van der Waals surface area contributed by atoms with Crippen molar-refractivity contribution in [1.82, 2.24) is 9.55 Å². The number of benzene rings is 4. The van der Waals surface area contributed by atoms with Crippen LogP contribution in [0, 0.1) is 0 Å². The zero-order valence-corrected chi connectivity index (χ0v) is 27.6. The maximum absolute atomic E-state index is 12.0. The summed E-state index contributed by atoms with van der Waals surface area (Å²) in [5.41, 5.74) is 7.50. The van der Waals surface area contributed by atoms with E-state index < -0.39 is 0 Å². The minimum absolute atomic E-state index is 0.357. The maximum atomic E-state index is 12.0. The third-order valence-corrected chi connectivity index (χ3v) is 8.42. The first-order chi connectivity index (χ1) is 22.3. The van der Waals surface area contributed by atoms with E-state index in [9.17, 15) is 9.59 Å². The van der Waals surface area contributed by atoms with Gasteiger partial charge in [0.25, 0.3) is 0 Å². The predicted molar refractivity (Wildman–Crippen MR) is 186 cm³/mol. The molecule has 46 heavy (non-hydrogen) atoms. The molecule has 2 aromatic heterocycles. The van der Waals surface area contributed by atoms with Crippen LogP contribution >= 0.6 is 23.2 Å². The summed E-state index contributed by atoms with van der Waals surface area (Å²) in [6, 6.07) is 27.5. The third kappa shape index (κ3) is 7.82. The number of hydrogen-bond donors (Lipinski definition) is 1. The summed E-state index contributed by atoms with van der Waals surface area (Å²) in [5, 5.41) is 3.44. The Bertz CT molecular complexity index is 1990. The average Bonchev–Trinajstić information content (AvgIpc) is 3.71. The van der Waals surface area contributed by atoms with Crippen molar-refractivity contribution in [2.24, 2.45) is 0 Å². The molecular weight excluding hydrogens is 619 g/mol. The lowest BCUT2D eigenvalue weighted by atomic mass is 9.99. The van der Waals surface area contributed by atoms with Gasteiger partial charge in [-0.2, -0.15) is 0 Å². The van der Waals surface area contributed by atoms with Crippen molar-refractivity contribution in [3.05, 3.63) is 141 Å². The number of fused-ring (bicyclic) bond motifs is 2. The van der Waals surface area contributed by atoms with Crippen LogP contribution in [0.15, 0.2) is 97.3 Å². The monoisotopic (exact) mass is 654 g/mol. The highest BCUT2D eigenvalue weighted by Gasteiger charge is 2.15. The van der Waals surface area contributed by atoms with Crippen LogP contribution in [-0.4, -0.2) is 35.7 Å². The number of ether oxygens (including phenoxy) is 2. The first kappa shape index (κ1) is 32.9. The number of aryl methyl sites for hydroxylation is 1. The molecule has 6 rings (SSSR count). The van der Waals surface area contributed by atoms with E-state index in [4.69, 9.17) is 32.7 Å². The van der Waals surface area contributed by atoms with Crippen LogP contribution < -0.4 is 0 Å². The molecule has 0 aliphatic heterocycles. The summed E-state index contributed by atoms with van der Waals surface area (Å²) in [7, 11) is 2.76. The number of rotatable bonds is 9. The number of aromatic amines is 1. The summed E-state index contributed by atoms with van der Waals surface area (Å²) >= 11 is 12.0. The molecule has 0 spiro atoms. The number of esters is 2. The highest BCUT2D eigenvalue weighted by atomic mass is 35.5. The fourth-order valence-corrected chi connectivity index (χ4v) is 5.89. The third-order valence-electron chi connectivity index (χ3n) is 7.95. The van der Waals surface area contributed by atoms with Gasteiger partial charge in [0.2, 0.25) is 0 Å². The first-order valence-corrected chi connectivity index (χ1v) is 15.9. The fraction of sp³-hybridized carbons (Fsp3) is 0.211. The molecule has 8 heteroatoms. The SMILES string of the molecule is CCCCn1ccc2cc(Cc3ccc(Cl)cc3C(=O)OC)ccc21.COC(=O)c1cc(Cl)ccc1Cc1ccc2[nH]ccc2c1. The fourth-order valence-electron chi connectivity index (χ4n) is 5.54. The second kappa shape index (κ2) is 15.2. The molecular formula is C38H36Cl2N2O4. The summed E-state index contributed by atoms with van der Waals surface area (Å²) < 4.78 is 12.0. The van der Waals surface area contributed by atoms with Crippen molar-refractivity contribution in [3.8, 4) is 0 Å². The van der Waals surface area contributed by atoms with Crippen LogP contribution in [0.3, 0.4) is 0 Å². The minimum Gasteiger partial charge on any atom is -0.465 e. The average molecular weight is 656 g/mol. The van der Waals surface area contributed by atoms with Crippen molar-refractivity contribution in [1.29, 1.82) is 0 Å². The number of nitrogens with one attached hydrogen (secondary N) is 1. The molecule has 0 saturated carbocycles. The number of aromatic nitrogens is 2. The molecule has 0 saturated heterocycles. The van der Waals surface area contributed by atoms with Crippen molar-refractivity contribution in [2.75, 3.05) is 14.2 Å². The largest absolute Gasteiger partial charge is 0.465 e. The number of hydrogen-bond acceptors (Lipinski definition) is 4. The standard InChI is InChI=1S/C21H22ClNO2.C17H14ClNO2/c1-3-4-10-23-11-9-17-13-15(5-8-20(17)23)12-16-6-7-18(22)14-19(16)21(24)25-2;1-21-17(20)15-10-14(18)4-3-12(15)8-11-2-5-16-13(9-11)6-7-19-16/h5-9,11,13-14H,3-4,10,12H2,1-2H3;2-7,9-10,19H,8H2,1H3.